The van der Waals surface area contributed by atoms with Gasteiger partial charge in [-0.05, 0) is 26.8 Å². The number of rotatable bonds is 5. The van der Waals surface area contributed by atoms with E-state index in [4.69, 9.17) is 5.11 Å². The summed E-state index contributed by atoms with van der Waals surface area (Å²) >= 11 is 0. The van der Waals surface area contributed by atoms with E-state index in [9.17, 15) is 23.3 Å². The fourth-order valence-corrected chi connectivity index (χ4v) is 2.81. The first-order valence-electron chi connectivity index (χ1n) is 5.75. The van der Waals surface area contributed by atoms with Gasteiger partial charge in [0.05, 0.1) is 16.2 Å². The standard InChI is InChI=1S/C11H15N3O6S/c1-11(2,3)13-21(19,20)12-9-5-4-7(14(17)18)6-8(9)10(15)16/h4-6,12-13H,1-3H3,(H,15,16). The largest absolute Gasteiger partial charge is 0.478 e. The molecule has 0 saturated carbocycles. The van der Waals surface area contributed by atoms with E-state index in [0.717, 1.165) is 18.2 Å². The van der Waals surface area contributed by atoms with Crippen molar-refractivity contribution in [2.45, 2.75) is 26.3 Å². The molecule has 0 amide bonds. The van der Waals surface area contributed by atoms with Crippen LogP contribution >= 0.6 is 0 Å². The summed E-state index contributed by atoms with van der Waals surface area (Å²) in [5.74, 6) is -1.48. The summed E-state index contributed by atoms with van der Waals surface area (Å²) in [4.78, 5) is 20.9. The number of carbonyl (C=O) groups is 1. The predicted octanol–water partition coefficient (Wildman–Crippen LogP) is 1.34. The average molecular weight is 317 g/mol. The topological polar surface area (TPSA) is 139 Å². The fourth-order valence-electron chi connectivity index (χ4n) is 1.49. The Morgan fingerprint density at radius 1 is 1.33 bits per heavy atom. The van der Waals surface area contributed by atoms with E-state index in [0.29, 0.717) is 0 Å². The molecule has 0 aliphatic carbocycles. The van der Waals surface area contributed by atoms with E-state index in [2.05, 4.69) is 4.72 Å². The number of hydrogen-bond donors (Lipinski definition) is 3. The molecule has 3 N–H and O–H groups in total. The van der Waals surface area contributed by atoms with Crippen molar-refractivity contribution >= 4 is 27.6 Å². The number of carboxylic acid groups (broad SMARTS) is 1. The van der Waals surface area contributed by atoms with Crippen molar-refractivity contribution in [1.82, 2.24) is 4.72 Å². The second-order valence-electron chi connectivity index (χ2n) is 5.25. The summed E-state index contributed by atoms with van der Waals surface area (Å²) in [6.45, 7) is 4.83. The molecular formula is C11H15N3O6S. The van der Waals surface area contributed by atoms with Crippen LogP contribution in [0.15, 0.2) is 18.2 Å². The Kier molecular flexibility index (Phi) is 4.54. The number of benzene rings is 1. The molecule has 0 bridgehead atoms. The van der Waals surface area contributed by atoms with Gasteiger partial charge in [0.25, 0.3) is 15.9 Å². The molecule has 1 aromatic carbocycles. The smallest absolute Gasteiger partial charge is 0.338 e. The third-order valence-corrected chi connectivity index (χ3v) is 3.50. The molecular weight excluding hydrogens is 302 g/mol. The third-order valence-electron chi connectivity index (χ3n) is 2.13. The molecule has 0 spiro atoms. The van der Waals surface area contributed by atoms with Crippen LogP contribution < -0.4 is 9.44 Å². The molecule has 116 valence electrons. The maximum absolute atomic E-state index is 11.9. The van der Waals surface area contributed by atoms with E-state index in [1.54, 1.807) is 20.8 Å². The van der Waals surface area contributed by atoms with Crippen LogP contribution in [0.4, 0.5) is 11.4 Å². The van der Waals surface area contributed by atoms with Gasteiger partial charge in [0, 0.05) is 17.7 Å². The molecule has 0 radical (unpaired) electrons. The minimum absolute atomic E-state index is 0.259. The van der Waals surface area contributed by atoms with Gasteiger partial charge in [-0.3, -0.25) is 14.8 Å². The Morgan fingerprint density at radius 3 is 2.33 bits per heavy atom. The third kappa shape index (κ3) is 5.00. The summed E-state index contributed by atoms with van der Waals surface area (Å²) in [7, 11) is -4.01. The lowest BCUT2D eigenvalue weighted by molar-refractivity contribution is -0.384. The molecule has 0 heterocycles. The van der Waals surface area contributed by atoms with Gasteiger partial charge in [0.2, 0.25) is 0 Å². The van der Waals surface area contributed by atoms with Crippen LogP contribution in [0.25, 0.3) is 0 Å². The van der Waals surface area contributed by atoms with E-state index >= 15 is 0 Å². The van der Waals surface area contributed by atoms with Gasteiger partial charge in [-0.25, -0.2) is 4.79 Å². The number of nitro groups is 1. The SMILES string of the molecule is CC(C)(C)NS(=O)(=O)Nc1ccc([N+](=O)[O-])cc1C(=O)O. The van der Waals surface area contributed by atoms with E-state index < -0.39 is 37.9 Å². The zero-order valence-electron chi connectivity index (χ0n) is 11.6. The normalized spacial score (nSPS) is 12.0. The molecule has 0 aliphatic rings. The second kappa shape index (κ2) is 5.66. The van der Waals surface area contributed by atoms with Crippen LogP contribution in [-0.4, -0.2) is 30.0 Å². The number of hydrogen-bond acceptors (Lipinski definition) is 5. The lowest BCUT2D eigenvalue weighted by Crippen LogP contribution is -2.43. The maximum atomic E-state index is 11.9. The lowest BCUT2D eigenvalue weighted by atomic mass is 10.1. The lowest BCUT2D eigenvalue weighted by Gasteiger charge is -2.21. The Balaban J connectivity index is 3.20. The first kappa shape index (κ1) is 16.9. The summed E-state index contributed by atoms with van der Waals surface area (Å²) < 4.78 is 28.1. The zero-order valence-corrected chi connectivity index (χ0v) is 12.4. The highest BCUT2D eigenvalue weighted by atomic mass is 32.2. The predicted molar refractivity (Wildman–Crippen MR) is 75.5 cm³/mol. The van der Waals surface area contributed by atoms with Crippen LogP contribution in [0.5, 0.6) is 0 Å². The van der Waals surface area contributed by atoms with E-state index in [1.165, 1.54) is 0 Å². The number of non-ortho nitro benzene ring substituents is 1. The summed E-state index contributed by atoms with van der Waals surface area (Å²) in [6, 6.07) is 2.84. The number of nitro benzene ring substituents is 1. The van der Waals surface area contributed by atoms with Crippen molar-refractivity contribution in [1.29, 1.82) is 0 Å². The fraction of sp³-hybridized carbons (Fsp3) is 0.364. The van der Waals surface area contributed by atoms with Crippen LogP contribution in [0.3, 0.4) is 0 Å². The Bertz CT molecular complexity index is 678. The number of nitrogens with one attached hydrogen (secondary N) is 2. The highest BCUT2D eigenvalue weighted by Crippen LogP contribution is 2.23. The number of nitrogens with zero attached hydrogens (tertiary/aromatic N) is 1. The van der Waals surface area contributed by atoms with Crippen LogP contribution in [0, 0.1) is 10.1 Å². The van der Waals surface area contributed by atoms with Crippen molar-refractivity contribution in [3.05, 3.63) is 33.9 Å². The molecule has 1 aromatic rings. The van der Waals surface area contributed by atoms with Crippen molar-refractivity contribution in [3.63, 3.8) is 0 Å². The minimum atomic E-state index is -4.01. The van der Waals surface area contributed by atoms with Crippen molar-refractivity contribution in [2.75, 3.05) is 4.72 Å². The number of anilines is 1. The van der Waals surface area contributed by atoms with Gasteiger partial charge >= 0.3 is 5.97 Å². The Labute approximate surface area is 121 Å². The van der Waals surface area contributed by atoms with Gasteiger partial charge in [-0.15, -0.1) is 0 Å². The molecule has 0 fully saturated rings. The first-order valence-corrected chi connectivity index (χ1v) is 7.23. The van der Waals surface area contributed by atoms with Gasteiger partial charge in [0.1, 0.15) is 0 Å². The van der Waals surface area contributed by atoms with E-state index in [1.807, 2.05) is 4.72 Å². The van der Waals surface area contributed by atoms with Crippen LogP contribution in [0.1, 0.15) is 31.1 Å². The highest BCUT2D eigenvalue weighted by Gasteiger charge is 2.23. The maximum Gasteiger partial charge on any atom is 0.338 e. The molecule has 0 aromatic heterocycles. The molecule has 0 saturated heterocycles. The van der Waals surface area contributed by atoms with Crippen molar-refractivity contribution in [3.8, 4) is 0 Å². The molecule has 10 heteroatoms. The van der Waals surface area contributed by atoms with Gasteiger partial charge < -0.3 is 5.11 Å². The molecule has 0 atom stereocenters. The monoisotopic (exact) mass is 317 g/mol. The average Bonchev–Trinajstić information content (AvgIpc) is 2.24. The van der Waals surface area contributed by atoms with Crippen molar-refractivity contribution < 1.29 is 23.2 Å². The quantitative estimate of drug-likeness (QED) is 0.553. The molecule has 9 nitrogen and oxygen atoms in total. The molecule has 0 aliphatic heterocycles. The Morgan fingerprint density at radius 2 is 1.90 bits per heavy atom. The zero-order chi connectivity index (χ0) is 16.4. The van der Waals surface area contributed by atoms with Crippen LogP contribution in [0.2, 0.25) is 0 Å². The summed E-state index contributed by atoms with van der Waals surface area (Å²) in [6.07, 6.45) is 0. The number of aromatic carboxylic acids is 1. The summed E-state index contributed by atoms with van der Waals surface area (Å²) in [5.41, 5.74) is -1.98. The minimum Gasteiger partial charge on any atom is -0.478 e. The highest BCUT2D eigenvalue weighted by molar-refractivity contribution is 7.90. The van der Waals surface area contributed by atoms with Crippen molar-refractivity contribution in [2.24, 2.45) is 0 Å². The Hall–Kier alpha value is -2.20. The van der Waals surface area contributed by atoms with Gasteiger partial charge in [0.15, 0.2) is 0 Å². The number of carboxylic acids is 1. The molecule has 1 rings (SSSR count). The van der Waals surface area contributed by atoms with E-state index in [-0.39, 0.29) is 5.69 Å². The van der Waals surface area contributed by atoms with Gasteiger partial charge in [-0.2, -0.15) is 13.1 Å². The molecule has 21 heavy (non-hydrogen) atoms. The first-order chi connectivity index (χ1) is 9.41. The molecule has 0 unspecified atom stereocenters. The van der Waals surface area contributed by atoms with Gasteiger partial charge in [-0.1, -0.05) is 0 Å². The second-order valence-corrected chi connectivity index (χ2v) is 6.66. The van der Waals surface area contributed by atoms with Crippen LogP contribution in [-0.2, 0) is 10.2 Å². The summed E-state index contributed by atoms with van der Waals surface area (Å²) in [5, 5.41) is 19.6.